The quantitative estimate of drug-likeness (QED) is 0.705. The summed E-state index contributed by atoms with van der Waals surface area (Å²) in [5.41, 5.74) is 1.03. The van der Waals surface area contributed by atoms with Crippen LogP contribution in [0, 0.1) is 11.2 Å². The summed E-state index contributed by atoms with van der Waals surface area (Å²) < 4.78 is 21.0. The largest absolute Gasteiger partial charge is 0.370 e. The Morgan fingerprint density at radius 1 is 1.23 bits per heavy atom. The molecule has 0 N–H and O–H groups in total. The van der Waals surface area contributed by atoms with Crippen molar-refractivity contribution in [2.75, 3.05) is 26.2 Å². The minimum absolute atomic E-state index is 0.00127. The molecule has 3 heterocycles. The second-order valence-corrected chi connectivity index (χ2v) is 10.0. The molecule has 9 heteroatoms. The third-order valence-corrected chi connectivity index (χ3v) is 7.46. The van der Waals surface area contributed by atoms with Crippen molar-refractivity contribution in [3.63, 3.8) is 0 Å². The summed E-state index contributed by atoms with van der Waals surface area (Å²) in [6.07, 6.45) is 6.48. The predicted octanol–water partition coefficient (Wildman–Crippen LogP) is 3.61. The van der Waals surface area contributed by atoms with Crippen LogP contribution in [0.3, 0.4) is 0 Å². The van der Waals surface area contributed by atoms with Crippen molar-refractivity contribution >= 4 is 17.6 Å². The van der Waals surface area contributed by atoms with E-state index in [0.717, 1.165) is 37.3 Å². The number of nitrogens with zero attached hydrogens (tertiary/aromatic N) is 5. The monoisotopic (exact) mass is 445 g/mol. The maximum Gasteiger partial charge on any atom is 0.320 e. The average molecular weight is 446 g/mol. The first-order valence-electron chi connectivity index (χ1n) is 11.0. The molecule has 1 spiro atoms. The molecule has 0 bridgehead atoms. The number of likely N-dealkylation sites (tertiary alicyclic amines) is 2. The minimum Gasteiger partial charge on any atom is -0.370 e. The van der Waals surface area contributed by atoms with Gasteiger partial charge in [0.1, 0.15) is 12.1 Å². The number of halogens is 2. The molecule has 1 aromatic heterocycles. The minimum atomic E-state index is -0.358. The highest BCUT2D eigenvalue weighted by atomic mass is 35.5. The van der Waals surface area contributed by atoms with Gasteiger partial charge in [-0.1, -0.05) is 17.7 Å². The molecule has 0 atom stereocenters. The first kappa shape index (κ1) is 19.5. The highest BCUT2D eigenvalue weighted by Crippen LogP contribution is 2.54. The predicted molar refractivity (Wildman–Crippen MR) is 111 cm³/mol. The fraction of sp³-hybridized carbons (Fsp3) is 0.591. The van der Waals surface area contributed by atoms with Gasteiger partial charge in [0.2, 0.25) is 0 Å². The van der Waals surface area contributed by atoms with Crippen LogP contribution in [0.25, 0.3) is 0 Å². The van der Waals surface area contributed by atoms with Crippen LogP contribution in [0.1, 0.15) is 49.0 Å². The molecule has 2 amide bonds. The first-order valence-corrected chi connectivity index (χ1v) is 11.4. The number of ether oxygens (including phenoxy) is 1. The van der Waals surface area contributed by atoms with E-state index >= 15 is 0 Å². The number of hydrogen-bond acceptors (Lipinski definition) is 4. The van der Waals surface area contributed by atoms with Gasteiger partial charge >= 0.3 is 6.03 Å². The van der Waals surface area contributed by atoms with Crippen molar-refractivity contribution in [1.82, 2.24) is 24.6 Å². The SMILES string of the molecule is O=C(N1CC(OCc2ccc(F)cc2Cl)C1)N1CC2(CC(n3cnc(C4CC4)n3)C2)C1. The topological polar surface area (TPSA) is 63.5 Å². The van der Waals surface area contributed by atoms with Gasteiger partial charge in [0.15, 0.2) is 5.82 Å². The molecule has 4 fully saturated rings. The van der Waals surface area contributed by atoms with Crippen molar-refractivity contribution in [3.05, 3.63) is 46.8 Å². The standard InChI is InChI=1S/C22H25ClFN5O2/c23-19-5-16(24)4-3-15(19)10-31-18-8-27(9-18)21(30)28-11-22(12-28)6-17(7-22)29-13-25-20(26-29)14-1-2-14/h3-5,13-14,17-18H,1-2,6-12H2. The van der Waals surface area contributed by atoms with Crippen LogP contribution < -0.4 is 0 Å². The van der Waals surface area contributed by atoms with Crippen LogP contribution in [0.2, 0.25) is 5.02 Å². The lowest BCUT2D eigenvalue weighted by Gasteiger charge is -2.59. The summed E-state index contributed by atoms with van der Waals surface area (Å²) in [6.45, 7) is 3.17. The van der Waals surface area contributed by atoms with E-state index in [9.17, 15) is 9.18 Å². The molecule has 2 saturated heterocycles. The third-order valence-electron chi connectivity index (χ3n) is 7.11. The molecule has 164 valence electrons. The second kappa shape index (κ2) is 7.17. The molecule has 2 aromatic rings. The van der Waals surface area contributed by atoms with E-state index in [-0.39, 0.29) is 23.4 Å². The molecule has 1 aromatic carbocycles. The number of aromatic nitrogens is 3. The second-order valence-electron chi connectivity index (χ2n) is 9.63. The van der Waals surface area contributed by atoms with E-state index in [1.165, 1.54) is 25.0 Å². The molecular weight excluding hydrogens is 421 g/mol. The smallest absolute Gasteiger partial charge is 0.320 e. The summed E-state index contributed by atoms with van der Waals surface area (Å²) >= 11 is 6.03. The van der Waals surface area contributed by atoms with Gasteiger partial charge in [-0.05, 0) is 43.4 Å². The van der Waals surface area contributed by atoms with Crippen molar-refractivity contribution in [2.24, 2.45) is 5.41 Å². The molecule has 2 saturated carbocycles. The van der Waals surface area contributed by atoms with Gasteiger partial charge in [0, 0.05) is 29.4 Å². The van der Waals surface area contributed by atoms with Crippen LogP contribution in [-0.4, -0.2) is 62.9 Å². The van der Waals surface area contributed by atoms with Gasteiger partial charge in [0.25, 0.3) is 0 Å². The Morgan fingerprint density at radius 3 is 2.71 bits per heavy atom. The van der Waals surface area contributed by atoms with Crippen LogP contribution in [0.4, 0.5) is 9.18 Å². The Balaban J connectivity index is 0.927. The van der Waals surface area contributed by atoms with E-state index in [1.54, 1.807) is 6.07 Å². The van der Waals surface area contributed by atoms with E-state index < -0.39 is 0 Å². The van der Waals surface area contributed by atoms with Gasteiger partial charge < -0.3 is 14.5 Å². The molecule has 0 unspecified atom stereocenters. The maximum atomic E-state index is 13.1. The number of hydrogen-bond donors (Lipinski definition) is 0. The van der Waals surface area contributed by atoms with Crippen molar-refractivity contribution in [1.29, 1.82) is 0 Å². The molecule has 31 heavy (non-hydrogen) atoms. The Morgan fingerprint density at radius 2 is 2.00 bits per heavy atom. The summed E-state index contributed by atoms with van der Waals surface area (Å²) in [5, 5.41) is 5.02. The van der Waals surface area contributed by atoms with Crippen LogP contribution in [-0.2, 0) is 11.3 Å². The molecule has 2 aliphatic carbocycles. The van der Waals surface area contributed by atoms with E-state index in [2.05, 4.69) is 10.1 Å². The Kier molecular flexibility index (Phi) is 4.51. The number of amides is 2. The lowest BCUT2D eigenvalue weighted by molar-refractivity contribution is -0.0924. The van der Waals surface area contributed by atoms with E-state index in [0.29, 0.717) is 36.7 Å². The average Bonchev–Trinajstić information content (AvgIpc) is 3.38. The lowest BCUT2D eigenvalue weighted by atomic mass is 9.61. The third kappa shape index (κ3) is 3.59. The molecule has 7 nitrogen and oxygen atoms in total. The zero-order valence-corrected chi connectivity index (χ0v) is 18.0. The zero-order valence-electron chi connectivity index (χ0n) is 17.2. The first-order chi connectivity index (χ1) is 15.0. The van der Waals surface area contributed by atoms with Crippen molar-refractivity contribution in [3.8, 4) is 0 Å². The summed E-state index contributed by atoms with van der Waals surface area (Å²) in [4.78, 5) is 20.9. The number of carbonyl (C=O) groups is 1. The molecule has 6 rings (SSSR count). The van der Waals surface area contributed by atoms with Gasteiger partial charge in [0.05, 0.1) is 31.8 Å². The molecular formula is C22H25ClFN5O2. The highest BCUT2D eigenvalue weighted by molar-refractivity contribution is 6.31. The zero-order chi connectivity index (χ0) is 21.2. The van der Waals surface area contributed by atoms with Crippen LogP contribution in [0.5, 0.6) is 0 Å². The lowest BCUT2D eigenvalue weighted by Crippen LogP contribution is -2.68. The Bertz CT molecular complexity index is 1010. The van der Waals surface area contributed by atoms with Gasteiger partial charge in [-0.15, -0.1) is 0 Å². The fourth-order valence-electron chi connectivity index (χ4n) is 5.02. The Hall–Kier alpha value is -2.19. The summed E-state index contributed by atoms with van der Waals surface area (Å²) in [6, 6.07) is 4.83. The number of carbonyl (C=O) groups excluding carboxylic acids is 1. The van der Waals surface area contributed by atoms with Crippen molar-refractivity contribution in [2.45, 2.75) is 50.4 Å². The Labute approximate surface area is 185 Å². The fourth-order valence-corrected chi connectivity index (χ4v) is 5.24. The van der Waals surface area contributed by atoms with Gasteiger partial charge in [-0.2, -0.15) is 5.10 Å². The molecule has 0 radical (unpaired) electrons. The highest BCUT2D eigenvalue weighted by Gasteiger charge is 2.55. The number of benzene rings is 1. The van der Waals surface area contributed by atoms with E-state index in [1.807, 2.05) is 20.8 Å². The van der Waals surface area contributed by atoms with Crippen LogP contribution in [0.15, 0.2) is 24.5 Å². The summed E-state index contributed by atoms with van der Waals surface area (Å²) in [7, 11) is 0. The molecule has 2 aliphatic heterocycles. The normalized spacial score (nSPS) is 22.9. The molecule has 4 aliphatic rings. The number of urea groups is 1. The van der Waals surface area contributed by atoms with Gasteiger partial charge in [-0.25, -0.2) is 18.9 Å². The van der Waals surface area contributed by atoms with Crippen LogP contribution >= 0.6 is 11.6 Å². The summed E-state index contributed by atoms with van der Waals surface area (Å²) in [5.74, 6) is 1.23. The maximum absolute atomic E-state index is 13.1. The number of rotatable bonds is 5. The van der Waals surface area contributed by atoms with E-state index in [4.69, 9.17) is 16.3 Å². The van der Waals surface area contributed by atoms with Gasteiger partial charge in [-0.3, -0.25) is 0 Å². The van der Waals surface area contributed by atoms with Crippen molar-refractivity contribution < 1.29 is 13.9 Å².